The lowest BCUT2D eigenvalue weighted by molar-refractivity contribution is 0.102. The van der Waals surface area contributed by atoms with Crippen LogP contribution in [0.25, 0.3) is 0 Å². The number of hydrogen-bond acceptors (Lipinski definition) is 3. The smallest absolute Gasteiger partial charge is 0.255 e. The minimum Gasteiger partial charge on any atom is -0.486 e. The van der Waals surface area contributed by atoms with E-state index in [4.69, 9.17) is 4.74 Å². The molecule has 0 aliphatic rings. The van der Waals surface area contributed by atoms with Crippen LogP contribution in [-0.4, -0.2) is 15.5 Å². The second kappa shape index (κ2) is 7.12. The molecule has 1 aromatic heterocycles. The molecule has 3 rings (SSSR count). The van der Waals surface area contributed by atoms with Crippen molar-refractivity contribution in [3.63, 3.8) is 0 Å². The number of aromatic nitrogens is 2. The van der Waals surface area contributed by atoms with Crippen molar-refractivity contribution in [2.45, 2.75) is 6.61 Å². The number of carbonyl (C=O) groups is 1. The molecule has 0 aliphatic carbocycles. The number of ether oxygens (including phenoxy) is 1. The van der Waals surface area contributed by atoms with Crippen LogP contribution in [-0.2, 0) is 13.7 Å². The third-order valence-corrected chi connectivity index (χ3v) is 3.58. The van der Waals surface area contributed by atoms with Crippen molar-refractivity contribution in [3.8, 4) is 5.75 Å². The van der Waals surface area contributed by atoms with E-state index in [9.17, 15) is 13.6 Å². The van der Waals surface area contributed by atoms with Crippen molar-refractivity contribution < 1.29 is 18.3 Å². The second-order valence-electron chi connectivity index (χ2n) is 5.35. The molecule has 0 radical (unpaired) electrons. The number of nitrogens with one attached hydrogen (secondary N) is 1. The van der Waals surface area contributed by atoms with E-state index in [1.54, 1.807) is 30.5 Å². The Morgan fingerprint density at radius 2 is 1.92 bits per heavy atom. The fourth-order valence-corrected chi connectivity index (χ4v) is 2.16. The van der Waals surface area contributed by atoms with Crippen LogP contribution in [0.5, 0.6) is 5.75 Å². The van der Waals surface area contributed by atoms with Gasteiger partial charge in [-0.1, -0.05) is 0 Å². The van der Waals surface area contributed by atoms with E-state index in [1.165, 1.54) is 6.07 Å². The molecule has 1 N–H and O–H groups in total. The average Bonchev–Trinajstić information content (AvgIpc) is 3.02. The Labute approximate surface area is 142 Å². The molecule has 0 aliphatic heterocycles. The number of nitrogens with zero attached hydrogens (tertiary/aromatic N) is 2. The molecule has 0 spiro atoms. The fraction of sp³-hybridized carbons (Fsp3) is 0.111. The highest BCUT2D eigenvalue weighted by molar-refractivity contribution is 6.04. The van der Waals surface area contributed by atoms with E-state index in [1.807, 2.05) is 17.8 Å². The molecule has 5 nitrogen and oxygen atoms in total. The highest BCUT2D eigenvalue weighted by Crippen LogP contribution is 2.17. The van der Waals surface area contributed by atoms with Crippen LogP contribution in [0.15, 0.2) is 54.9 Å². The monoisotopic (exact) mass is 343 g/mol. The van der Waals surface area contributed by atoms with Crippen LogP contribution in [0.3, 0.4) is 0 Å². The van der Waals surface area contributed by atoms with Crippen molar-refractivity contribution >= 4 is 11.6 Å². The molecule has 0 fully saturated rings. The maximum Gasteiger partial charge on any atom is 0.255 e. The van der Waals surface area contributed by atoms with Gasteiger partial charge in [0.15, 0.2) is 11.6 Å². The van der Waals surface area contributed by atoms with Gasteiger partial charge >= 0.3 is 0 Å². The van der Waals surface area contributed by atoms with Crippen molar-refractivity contribution in [1.82, 2.24) is 9.55 Å². The number of amides is 1. The standard InChI is InChI=1S/C18H15F2N3O2/c1-23-9-8-21-17(23)11-25-14-5-2-12(3-6-14)18(24)22-13-4-7-15(19)16(20)10-13/h2-10H,11H2,1H3,(H,22,24). The van der Waals surface area contributed by atoms with Gasteiger partial charge in [-0.25, -0.2) is 13.8 Å². The van der Waals surface area contributed by atoms with Crippen LogP contribution in [0.2, 0.25) is 0 Å². The number of benzene rings is 2. The lowest BCUT2D eigenvalue weighted by Crippen LogP contribution is -2.12. The summed E-state index contributed by atoms with van der Waals surface area (Å²) in [5.41, 5.74) is 0.549. The van der Waals surface area contributed by atoms with Gasteiger partial charge in [0.05, 0.1) is 0 Å². The first-order valence-corrected chi connectivity index (χ1v) is 7.48. The Kier molecular flexibility index (Phi) is 4.74. The normalized spacial score (nSPS) is 10.5. The van der Waals surface area contributed by atoms with Gasteiger partial charge in [-0.05, 0) is 36.4 Å². The topological polar surface area (TPSA) is 56.2 Å². The molecule has 0 saturated carbocycles. The molecule has 0 unspecified atom stereocenters. The minimum atomic E-state index is -1.02. The Bertz CT molecular complexity index is 892. The summed E-state index contributed by atoms with van der Waals surface area (Å²) >= 11 is 0. The Morgan fingerprint density at radius 3 is 2.56 bits per heavy atom. The van der Waals surface area contributed by atoms with E-state index in [-0.39, 0.29) is 5.69 Å². The molecule has 1 amide bonds. The molecule has 3 aromatic rings. The van der Waals surface area contributed by atoms with Crippen LogP contribution < -0.4 is 10.1 Å². The van der Waals surface area contributed by atoms with Gasteiger partial charge in [0.25, 0.3) is 5.91 Å². The van der Waals surface area contributed by atoms with Crippen molar-refractivity contribution in [1.29, 1.82) is 0 Å². The summed E-state index contributed by atoms with van der Waals surface area (Å²) in [5.74, 6) is -1.04. The first-order chi connectivity index (χ1) is 12.0. The van der Waals surface area contributed by atoms with Crippen molar-refractivity contribution in [2.75, 3.05) is 5.32 Å². The SMILES string of the molecule is Cn1ccnc1COc1ccc(C(=O)Nc2ccc(F)c(F)c2)cc1. The summed E-state index contributed by atoms with van der Waals surface area (Å²) in [6.07, 6.45) is 3.51. The number of aryl methyl sites for hydroxylation is 1. The number of carbonyl (C=O) groups excluding carboxylic acids is 1. The zero-order chi connectivity index (χ0) is 17.8. The lowest BCUT2D eigenvalue weighted by Gasteiger charge is -2.08. The van der Waals surface area contributed by atoms with Crippen molar-refractivity contribution in [3.05, 3.63) is 77.9 Å². The average molecular weight is 343 g/mol. The number of anilines is 1. The summed E-state index contributed by atoms with van der Waals surface area (Å²) in [7, 11) is 1.87. The minimum absolute atomic E-state index is 0.180. The van der Waals surface area contributed by atoms with Gasteiger partial charge in [0.1, 0.15) is 18.2 Å². The number of imidazole rings is 1. The highest BCUT2D eigenvalue weighted by atomic mass is 19.2. The summed E-state index contributed by atoms with van der Waals surface area (Å²) in [6, 6.07) is 9.66. The molecular formula is C18H15F2N3O2. The molecule has 2 aromatic carbocycles. The maximum absolute atomic E-state index is 13.2. The third-order valence-electron chi connectivity index (χ3n) is 3.58. The van der Waals surface area contributed by atoms with Gasteiger partial charge in [-0.3, -0.25) is 4.79 Å². The first kappa shape index (κ1) is 16.6. The quantitative estimate of drug-likeness (QED) is 0.771. The number of rotatable bonds is 5. The van der Waals surface area contributed by atoms with Gasteiger partial charge in [-0.2, -0.15) is 0 Å². The molecule has 0 bridgehead atoms. The molecule has 0 saturated heterocycles. The second-order valence-corrected chi connectivity index (χ2v) is 5.35. The fourth-order valence-electron chi connectivity index (χ4n) is 2.16. The van der Waals surface area contributed by atoms with Crippen LogP contribution in [0, 0.1) is 11.6 Å². The van der Waals surface area contributed by atoms with Crippen LogP contribution in [0.1, 0.15) is 16.2 Å². The van der Waals surface area contributed by atoms with Crippen LogP contribution in [0.4, 0.5) is 14.5 Å². The van der Waals surface area contributed by atoms with Gasteiger partial charge in [0, 0.05) is 36.8 Å². The van der Waals surface area contributed by atoms with E-state index < -0.39 is 17.5 Å². The molecule has 0 atom stereocenters. The highest BCUT2D eigenvalue weighted by Gasteiger charge is 2.09. The lowest BCUT2D eigenvalue weighted by atomic mass is 10.2. The largest absolute Gasteiger partial charge is 0.486 e. The third kappa shape index (κ3) is 4.00. The Balaban J connectivity index is 1.62. The number of halogens is 2. The Morgan fingerprint density at radius 1 is 1.16 bits per heavy atom. The zero-order valence-corrected chi connectivity index (χ0v) is 13.4. The summed E-state index contributed by atoms with van der Waals surface area (Å²) in [5, 5.41) is 2.51. The van der Waals surface area contributed by atoms with Gasteiger partial charge in [0.2, 0.25) is 0 Å². The predicted octanol–water partition coefficient (Wildman–Crippen LogP) is 3.53. The molecule has 25 heavy (non-hydrogen) atoms. The Hall–Kier alpha value is -3.22. The van der Waals surface area contributed by atoms with E-state index in [0.29, 0.717) is 17.9 Å². The summed E-state index contributed by atoms with van der Waals surface area (Å²) in [6.45, 7) is 0.309. The molecular weight excluding hydrogens is 328 g/mol. The zero-order valence-electron chi connectivity index (χ0n) is 13.4. The maximum atomic E-state index is 13.2. The molecule has 128 valence electrons. The van der Waals surface area contributed by atoms with Crippen LogP contribution >= 0.6 is 0 Å². The van der Waals surface area contributed by atoms with E-state index in [0.717, 1.165) is 18.0 Å². The van der Waals surface area contributed by atoms with E-state index >= 15 is 0 Å². The van der Waals surface area contributed by atoms with Gasteiger partial charge < -0.3 is 14.6 Å². The predicted molar refractivity (Wildman–Crippen MR) is 88.3 cm³/mol. The number of hydrogen-bond donors (Lipinski definition) is 1. The molecule has 1 heterocycles. The summed E-state index contributed by atoms with van der Waals surface area (Å²) in [4.78, 5) is 16.3. The molecule has 7 heteroatoms. The van der Waals surface area contributed by atoms with Crippen molar-refractivity contribution in [2.24, 2.45) is 7.05 Å². The first-order valence-electron chi connectivity index (χ1n) is 7.48. The van der Waals surface area contributed by atoms with E-state index in [2.05, 4.69) is 10.3 Å². The van der Waals surface area contributed by atoms with Gasteiger partial charge in [-0.15, -0.1) is 0 Å². The summed E-state index contributed by atoms with van der Waals surface area (Å²) < 4.78 is 33.5.